The summed E-state index contributed by atoms with van der Waals surface area (Å²) in [6.45, 7) is 3.02. The largest absolute Gasteiger partial charge is 0.464 e. The van der Waals surface area contributed by atoms with Gasteiger partial charge in [-0.05, 0) is 12.2 Å². The average molecular weight is 266 g/mol. The van der Waals surface area contributed by atoms with E-state index in [4.69, 9.17) is 16.3 Å². The van der Waals surface area contributed by atoms with Crippen molar-refractivity contribution in [3.63, 3.8) is 0 Å². The zero-order chi connectivity index (χ0) is 13.8. The number of rotatable bonds is 2. The third-order valence-electron chi connectivity index (χ3n) is 3.02. The Morgan fingerprint density at radius 2 is 2.05 bits per heavy atom. The Labute approximate surface area is 111 Å². The maximum atomic E-state index is 11.4. The molecule has 0 unspecified atom stereocenters. The second-order valence-electron chi connectivity index (χ2n) is 4.18. The van der Waals surface area contributed by atoms with E-state index in [-0.39, 0.29) is 5.70 Å². The number of carbonyl (C=O) groups is 1. The minimum Gasteiger partial charge on any atom is -0.464 e. The van der Waals surface area contributed by atoms with Crippen LogP contribution < -0.4 is 11.6 Å². The van der Waals surface area contributed by atoms with E-state index in [9.17, 15) is 4.79 Å². The summed E-state index contributed by atoms with van der Waals surface area (Å²) in [5.74, 6) is 5.27. The quantitative estimate of drug-likeness (QED) is 0.386. The van der Waals surface area contributed by atoms with Crippen LogP contribution in [-0.4, -0.2) is 49.3 Å². The molecule has 1 saturated heterocycles. The SMILES string of the molecule is COC(=O)/C(N)=C1\C=CC(N2CCOCC2)=CN1N. The summed E-state index contributed by atoms with van der Waals surface area (Å²) in [5.41, 5.74) is 7.06. The number of nitrogens with two attached hydrogens (primary N) is 2. The molecule has 104 valence electrons. The molecule has 0 aliphatic carbocycles. The van der Waals surface area contributed by atoms with Crippen LogP contribution in [0.3, 0.4) is 0 Å². The minimum absolute atomic E-state index is 0.0153. The van der Waals surface area contributed by atoms with Crippen molar-refractivity contribution in [2.45, 2.75) is 0 Å². The summed E-state index contributed by atoms with van der Waals surface area (Å²) in [7, 11) is 1.28. The lowest BCUT2D eigenvalue weighted by Crippen LogP contribution is -2.38. The Morgan fingerprint density at radius 1 is 1.37 bits per heavy atom. The zero-order valence-corrected chi connectivity index (χ0v) is 10.8. The van der Waals surface area contributed by atoms with E-state index in [1.807, 2.05) is 6.08 Å². The van der Waals surface area contributed by atoms with Crippen molar-refractivity contribution in [1.82, 2.24) is 9.91 Å². The Bertz CT molecular complexity index is 450. The molecule has 0 aromatic rings. The Hall–Kier alpha value is -1.99. The van der Waals surface area contributed by atoms with Gasteiger partial charge in [-0.1, -0.05) is 0 Å². The van der Waals surface area contributed by atoms with Crippen LogP contribution in [0.25, 0.3) is 0 Å². The topological polar surface area (TPSA) is 94.0 Å². The van der Waals surface area contributed by atoms with Crippen LogP contribution in [0, 0.1) is 0 Å². The van der Waals surface area contributed by atoms with E-state index in [2.05, 4.69) is 9.64 Å². The summed E-state index contributed by atoms with van der Waals surface area (Å²) in [6, 6.07) is 0. The summed E-state index contributed by atoms with van der Waals surface area (Å²) < 4.78 is 9.87. The number of hydrazine groups is 1. The predicted molar refractivity (Wildman–Crippen MR) is 68.9 cm³/mol. The monoisotopic (exact) mass is 266 g/mol. The fourth-order valence-electron chi connectivity index (χ4n) is 1.96. The molecular weight excluding hydrogens is 248 g/mol. The van der Waals surface area contributed by atoms with Crippen molar-refractivity contribution < 1.29 is 14.3 Å². The molecule has 4 N–H and O–H groups in total. The molecule has 0 aromatic carbocycles. The maximum absolute atomic E-state index is 11.4. The molecule has 7 nitrogen and oxygen atoms in total. The molecular formula is C12H18N4O3. The number of methoxy groups -OCH3 is 1. The van der Waals surface area contributed by atoms with Crippen LogP contribution in [0.5, 0.6) is 0 Å². The van der Waals surface area contributed by atoms with Gasteiger partial charge in [-0.15, -0.1) is 0 Å². The van der Waals surface area contributed by atoms with E-state index in [1.165, 1.54) is 12.1 Å². The maximum Gasteiger partial charge on any atom is 0.356 e. The molecule has 0 radical (unpaired) electrons. The van der Waals surface area contributed by atoms with Crippen LogP contribution in [0.1, 0.15) is 0 Å². The lowest BCUT2D eigenvalue weighted by Gasteiger charge is -2.32. The number of morpholine rings is 1. The first kappa shape index (κ1) is 13.4. The van der Waals surface area contributed by atoms with Gasteiger partial charge in [-0.25, -0.2) is 10.6 Å². The number of carbonyl (C=O) groups excluding carboxylic acids is 1. The first-order valence-corrected chi connectivity index (χ1v) is 5.98. The highest BCUT2D eigenvalue weighted by Gasteiger charge is 2.19. The average Bonchev–Trinajstić information content (AvgIpc) is 2.46. The summed E-state index contributed by atoms with van der Waals surface area (Å²) in [5, 5.41) is 1.33. The molecule has 2 rings (SSSR count). The van der Waals surface area contributed by atoms with Gasteiger partial charge < -0.3 is 20.1 Å². The van der Waals surface area contributed by atoms with Gasteiger partial charge in [0.2, 0.25) is 0 Å². The molecule has 0 amide bonds. The van der Waals surface area contributed by atoms with Gasteiger partial charge in [-0.2, -0.15) is 0 Å². The normalized spacial score (nSPS) is 22.1. The Morgan fingerprint density at radius 3 is 2.63 bits per heavy atom. The van der Waals surface area contributed by atoms with Crippen molar-refractivity contribution in [2.75, 3.05) is 33.4 Å². The van der Waals surface area contributed by atoms with E-state index in [1.54, 1.807) is 12.3 Å². The highest BCUT2D eigenvalue weighted by molar-refractivity contribution is 5.88. The number of esters is 1. The smallest absolute Gasteiger partial charge is 0.356 e. The summed E-state index contributed by atoms with van der Waals surface area (Å²) in [4.78, 5) is 13.5. The van der Waals surface area contributed by atoms with Crippen LogP contribution in [0.2, 0.25) is 0 Å². The summed E-state index contributed by atoms with van der Waals surface area (Å²) in [6.07, 6.45) is 5.31. The van der Waals surface area contributed by atoms with Crippen molar-refractivity contribution in [1.29, 1.82) is 0 Å². The molecule has 0 aromatic heterocycles. The van der Waals surface area contributed by atoms with E-state index in [0.717, 1.165) is 18.8 Å². The first-order chi connectivity index (χ1) is 9.13. The van der Waals surface area contributed by atoms with Crippen molar-refractivity contribution in [3.8, 4) is 0 Å². The fourth-order valence-corrected chi connectivity index (χ4v) is 1.96. The standard InChI is InChI=1S/C12H18N4O3/c1-18-12(17)11(13)10-3-2-9(8-16(10)14)15-4-6-19-7-5-15/h2-3,8H,4-7,13-14H2,1H3/b11-10-. The van der Waals surface area contributed by atoms with Gasteiger partial charge in [0.05, 0.1) is 31.7 Å². The predicted octanol–water partition coefficient (Wildman–Crippen LogP) is -0.751. The molecule has 2 heterocycles. The molecule has 0 atom stereocenters. The second-order valence-corrected chi connectivity index (χ2v) is 4.18. The van der Waals surface area contributed by atoms with E-state index >= 15 is 0 Å². The Balaban J connectivity index is 2.15. The number of ether oxygens (including phenoxy) is 2. The van der Waals surface area contributed by atoms with Gasteiger partial charge in [0.25, 0.3) is 0 Å². The van der Waals surface area contributed by atoms with Crippen LogP contribution in [0.4, 0.5) is 0 Å². The molecule has 19 heavy (non-hydrogen) atoms. The lowest BCUT2D eigenvalue weighted by molar-refractivity contribution is -0.136. The molecule has 1 fully saturated rings. The van der Waals surface area contributed by atoms with Crippen molar-refractivity contribution in [3.05, 3.63) is 35.4 Å². The third kappa shape index (κ3) is 2.88. The number of allylic oxidation sites excluding steroid dienone is 2. The highest BCUT2D eigenvalue weighted by atomic mass is 16.5. The third-order valence-corrected chi connectivity index (χ3v) is 3.02. The van der Waals surface area contributed by atoms with Gasteiger partial charge >= 0.3 is 5.97 Å². The van der Waals surface area contributed by atoms with Crippen molar-refractivity contribution in [2.24, 2.45) is 11.6 Å². The van der Waals surface area contributed by atoms with Crippen LogP contribution in [-0.2, 0) is 14.3 Å². The number of hydrogen-bond acceptors (Lipinski definition) is 7. The lowest BCUT2D eigenvalue weighted by atomic mass is 10.2. The first-order valence-electron chi connectivity index (χ1n) is 5.98. The molecule has 0 spiro atoms. The number of nitrogens with zero attached hydrogens (tertiary/aromatic N) is 2. The van der Waals surface area contributed by atoms with Crippen LogP contribution in [0.15, 0.2) is 35.4 Å². The minimum atomic E-state index is -0.599. The molecule has 0 saturated carbocycles. The van der Waals surface area contributed by atoms with E-state index in [0.29, 0.717) is 18.9 Å². The molecule has 2 aliphatic rings. The Kier molecular flexibility index (Phi) is 4.08. The van der Waals surface area contributed by atoms with Gasteiger partial charge in [0, 0.05) is 19.3 Å². The van der Waals surface area contributed by atoms with Gasteiger partial charge in [-0.3, -0.25) is 5.01 Å². The highest BCUT2D eigenvalue weighted by Crippen LogP contribution is 2.19. The van der Waals surface area contributed by atoms with Crippen molar-refractivity contribution >= 4 is 5.97 Å². The molecule has 2 aliphatic heterocycles. The molecule has 7 heteroatoms. The van der Waals surface area contributed by atoms with Gasteiger partial charge in [0.15, 0.2) is 0 Å². The molecule has 0 bridgehead atoms. The van der Waals surface area contributed by atoms with E-state index < -0.39 is 5.97 Å². The number of hydrogen-bond donors (Lipinski definition) is 2. The summed E-state index contributed by atoms with van der Waals surface area (Å²) >= 11 is 0. The van der Waals surface area contributed by atoms with Gasteiger partial charge in [0.1, 0.15) is 5.70 Å². The van der Waals surface area contributed by atoms with Crippen LogP contribution >= 0.6 is 0 Å². The fraction of sp³-hybridized carbons (Fsp3) is 0.417. The zero-order valence-electron chi connectivity index (χ0n) is 10.8. The second kappa shape index (κ2) is 5.77.